The first-order valence-electron chi connectivity index (χ1n) is 18.8. The summed E-state index contributed by atoms with van der Waals surface area (Å²) in [5.41, 5.74) is 2.24. The summed E-state index contributed by atoms with van der Waals surface area (Å²) in [6.07, 6.45) is -0.714. The summed E-state index contributed by atoms with van der Waals surface area (Å²) in [6.45, 7) is 5.73. The highest BCUT2D eigenvalue weighted by Crippen LogP contribution is 2.75. The number of carboxylic acid groups (broad SMARTS) is 1. The van der Waals surface area contributed by atoms with E-state index in [2.05, 4.69) is 18.7 Å². The molecule has 0 radical (unpaired) electrons. The van der Waals surface area contributed by atoms with Crippen LogP contribution in [0.25, 0.3) is 0 Å². The predicted octanol–water partition coefficient (Wildman–Crippen LogP) is 1.29. The fourth-order valence-corrected chi connectivity index (χ4v) is 12.7. The Morgan fingerprint density at radius 3 is 2.59 bits per heavy atom. The molecule has 2 bridgehead atoms. The van der Waals surface area contributed by atoms with Crippen molar-refractivity contribution in [1.82, 2.24) is 4.90 Å². The second-order valence-corrected chi connectivity index (χ2v) is 17.0. The average Bonchev–Trinajstić information content (AvgIpc) is 3.86. The van der Waals surface area contributed by atoms with E-state index in [0.29, 0.717) is 36.2 Å². The summed E-state index contributed by atoms with van der Waals surface area (Å²) in [6, 6.07) is 0.322. The van der Waals surface area contributed by atoms with Crippen molar-refractivity contribution in [3.8, 4) is 0 Å². The molecule has 5 fully saturated rings. The number of hydrogen-bond donors (Lipinski definition) is 5. The molecule has 0 amide bonds. The number of hydrogen-bond acceptors (Lipinski definition) is 12. The van der Waals surface area contributed by atoms with Crippen LogP contribution in [-0.4, -0.2) is 117 Å². The van der Waals surface area contributed by atoms with Crippen LogP contribution in [0.2, 0.25) is 0 Å². The first-order chi connectivity index (χ1) is 24.4. The second-order valence-electron chi connectivity index (χ2n) is 17.0. The first-order valence-corrected chi connectivity index (χ1v) is 18.8. The normalized spacial score (nSPS) is 49.5. The van der Waals surface area contributed by atoms with E-state index in [1.165, 1.54) is 11.1 Å². The maximum Gasteiger partial charge on any atom is 0.335 e. The minimum Gasteiger partial charge on any atom is -0.478 e. The number of allylic oxidation sites excluding steroid dienone is 3. The molecular formula is C38H49NO12. The number of carbonyl (C=O) groups excluding carboxylic acids is 2. The minimum absolute atomic E-state index is 0.0145. The highest BCUT2D eigenvalue weighted by atomic mass is 16.8. The smallest absolute Gasteiger partial charge is 0.335 e. The molecule has 2 saturated carbocycles. The molecule has 3 saturated heterocycles. The lowest BCUT2D eigenvalue weighted by Gasteiger charge is -2.59. The summed E-state index contributed by atoms with van der Waals surface area (Å²) < 4.78 is 23.5. The average molecular weight is 712 g/mol. The number of carbonyl (C=O) groups is 3. The topological polar surface area (TPSA) is 193 Å². The highest BCUT2D eigenvalue weighted by molar-refractivity contribution is 5.95. The van der Waals surface area contributed by atoms with Gasteiger partial charge in [0, 0.05) is 36.4 Å². The van der Waals surface area contributed by atoms with Gasteiger partial charge in [0.25, 0.3) is 0 Å². The fourth-order valence-electron chi connectivity index (χ4n) is 12.7. The molecule has 4 heterocycles. The molecule has 9 rings (SSSR count). The summed E-state index contributed by atoms with van der Waals surface area (Å²) in [5.74, 6) is -2.44. The standard InChI is InChI=1S/C38H49NO12/c1-16-11-39-12-19-6-3-17-4-8-21-23(10-38(28(17)21)32(44)22(16)9-26(39)37(19,38)2)34(47)48-15-25-29(41)30(42)31(43)36(50-25)51-35-27-18(13-40)5-7-20(27)24(14-49-35)33(45)46/h5,14,16,19-23,25-27,29-31,35-36,40-43H,3-4,6-13,15H2,1-2H3,(H,45,46)/t16-,19-,20-,21-,22+,23-,25-,26-,27-,29-,30+,31-,35+,36+,37-,38+/m1/s1. The van der Waals surface area contributed by atoms with Gasteiger partial charge in [-0.1, -0.05) is 31.1 Å². The van der Waals surface area contributed by atoms with Crippen LogP contribution in [0, 0.1) is 52.3 Å². The van der Waals surface area contributed by atoms with Gasteiger partial charge in [-0.25, -0.2) is 4.79 Å². The predicted molar refractivity (Wildman–Crippen MR) is 175 cm³/mol. The SMILES string of the molecule is C[C@@H]1CN2C[C@H]3CCC4=C5[C@H](CC4)[C@H](C(=O)OC[C@H]4O[C@@H](O[C@@H]6OC=C(C(=O)O)[C@H]7CC=C(CO)[C@@H]67)[C@H](O)[C@@H](O)[C@@H]4O)C[C@@]54C(=O)[C@H]1C[C@@H]2[C@@]34C. The molecule has 0 aromatic rings. The Labute approximate surface area is 296 Å². The number of piperidine rings is 1. The van der Waals surface area contributed by atoms with E-state index < -0.39 is 78.7 Å². The van der Waals surface area contributed by atoms with Gasteiger partial charge in [0.15, 0.2) is 6.29 Å². The van der Waals surface area contributed by atoms with Gasteiger partial charge >= 0.3 is 11.9 Å². The van der Waals surface area contributed by atoms with Crippen LogP contribution in [-0.2, 0) is 33.3 Å². The van der Waals surface area contributed by atoms with Gasteiger partial charge in [-0.2, -0.15) is 0 Å². The number of ketones is 1. The van der Waals surface area contributed by atoms with E-state index in [9.17, 15) is 39.9 Å². The molecule has 5 N–H and O–H groups in total. The lowest BCUT2D eigenvalue weighted by Crippen LogP contribution is -2.64. The third kappa shape index (κ3) is 4.55. The summed E-state index contributed by atoms with van der Waals surface area (Å²) in [4.78, 5) is 43.5. The number of aliphatic carboxylic acids is 1. The molecule has 278 valence electrons. The van der Waals surface area contributed by atoms with Crippen molar-refractivity contribution in [2.75, 3.05) is 26.3 Å². The quantitative estimate of drug-likeness (QED) is 0.188. The van der Waals surface area contributed by atoms with Gasteiger partial charge in [-0.05, 0) is 68.3 Å². The molecular weight excluding hydrogens is 662 g/mol. The van der Waals surface area contributed by atoms with Crippen LogP contribution in [0.5, 0.6) is 0 Å². The number of fused-ring (bicyclic) bond motifs is 2. The maximum atomic E-state index is 14.9. The fraction of sp³-hybridized carbons (Fsp3) is 0.763. The Kier molecular flexibility index (Phi) is 7.98. The van der Waals surface area contributed by atoms with Gasteiger partial charge < -0.3 is 44.5 Å². The number of esters is 1. The lowest BCUT2D eigenvalue weighted by atomic mass is 9.45. The van der Waals surface area contributed by atoms with Crippen molar-refractivity contribution >= 4 is 17.7 Å². The molecule has 9 aliphatic rings. The van der Waals surface area contributed by atoms with E-state index >= 15 is 0 Å². The van der Waals surface area contributed by atoms with Crippen molar-refractivity contribution in [3.63, 3.8) is 0 Å². The molecule has 16 atom stereocenters. The Morgan fingerprint density at radius 1 is 1.04 bits per heavy atom. The van der Waals surface area contributed by atoms with Gasteiger partial charge in [-0.15, -0.1) is 0 Å². The number of Topliss-reactive ketones (excluding diaryl/α,β-unsaturated/α-hetero) is 1. The Hall–Kier alpha value is -2.65. The number of ether oxygens (including phenoxy) is 4. The third-order valence-electron chi connectivity index (χ3n) is 15.2. The maximum absolute atomic E-state index is 14.9. The number of aliphatic hydroxyl groups excluding tert-OH is 4. The Balaban J connectivity index is 0.939. The monoisotopic (exact) mass is 711 g/mol. The second kappa shape index (κ2) is 11.9. The summed E-state index contributed by atoms with van der Waals surface area (Å²) in [5, 5.41) is 52.2. The van der Waals surface area contributed by atoms with Crippen molar-refractivity contribution < 1.29 is 58.9 Å². The first kappa shape index (κ1) is 34.1. The van der Waals surface area contributed by atoms with Crippen LogP contribution in [0.1, 0.15) is 58.8 Å². The van der Waals surface area contributed by atoms with E-state index in [1.54, 1.807) is 6.08 Å². The number of carboxylic acids is 1. The highest BCUT2D eigenvalue weighted by Gasteiger charge is 2.76. The zero-order valence-corrected chi connectivity index (χ0v) is 29.1. The Bertz CT molecular complexity index is 1620. The molecule has 4 aliphatic heterocycles. The molecule has 1 spiro atoms. The van der Waals surface area contributed by atoms with Crippen LogP contribution < -0.4 is 0 Å². The van der Waals surface area contributed by atoms with Gasteiger partial charge in [-0.3, -0.25) is 14.5 Å². The van der Waals surface area contributed by atoms with E-state index in [4.69, 9.17) is 18.9 Å². The molecule has 13 nitrogen and oxygen atoms in total. The number of nitrogens with zero attached hydrogens (tertiary/aromatic N) is 1. The molecule has 5 aliphatic carbocycles. The molecule has 0 aromatic heterocycles. The third-order valence-corrected chi connectivity index (χ3v) is 15.2. The van der Waals surface area contributed by atoms with E-state index in [-0.39, 0.29) is 35.3 Å². The van der Waals surface area contributed by atoms with Crippen molar-refractivity contribution in [1.29, 1.82) is 0 Å². The van der Waals surface area contributed by atoms with Crippen molar-refractivity contribution in [2.45, 2.75) is 102 Å². The zero-order valence-electron chi connectivity index (χ0n) is 29.1. The molecule has 51 heavy (non-hydrogen) atoms. The van der Waals surface area contributed by atoms with Crippen LogP contribution in [0.15, 0.2) is 34.6 Å². The van der Waals surface area contributed by atoms with E-state index in [1.807, 2.05) is 0 Å². The molecule has 0 aromatic carbocycles. The number of aliphatic hydroxyl groups is 4. The van der Waals surface area contributed by atoms with Gasteiger partial charge in [0.05, 0.1) is 35.7 Å². The molecule has 13 heteroatoms. The Morgan fingerprint density at radius 2 is 1.82 bits per heavy atom. The molecule has 0 unspecified atom stereocenters. The van der Waals surface area contributed by atoms with Crippen LogP contribution >= 0.6 is 0 Å². The van der Waals surface area contributed by atoms with Crippen molar-refractivity contribution in [2.24, 2.45) is 52.3 Å². The van der Waals surface area contributed by atoms with Crippen LogP contribution in [0.3, 0.4) is 0 Å². The van der Waals surface area contributed by atoms with Gasteiger partial charge in [0.2, 0.25) is 6.29 Å². The zero-order chi connectivity index (χ0) is 35.7. The minimum atomic E-state index is -1.71. The van der Waals surface area contributed by atoms with Gasteiger partial charge in [0.1, 0.15) is 36.8 Å². The largest absolute Gasteiger partial charge is 0.478 e. The summed E-state index contributed by atoms with van der Waals surface area (Å²) >= 11 is 0. The summed E-state index contributed by atoms with van der Waals surface area (Å²) in [7, 11) is 0. The van der Waals surface area contributed by atoms with E-state index in [0.717, 1.165) is 51.5 Å². The lowest BCUT2D eigenvalue weighted by molar-refractivity contribution is -0.340. The van der Waals surface area contributed by atoms with Crippen molar-refractivity contribution in [3.05, 3.63) is 34.6 Å². The number of rotatable bonds is 7. The van der Waals surface area contributed by atoms with Crippen LogP contribution in [0.4, 0.5) is 0 Å².